The van der Waals surface area contributed by atoms with E-state index in [1.165, 1.54) is 0 Å². The van der Waals surface area contributed by atoms with Crippen LogP contribution < -0.4 is 5.32 Å². The molecule has 0 saturated heterocycles. The van der Waals surface area contributed by atoms with Crippen LogP contribution >= 0.6 is 0 Å². The van der Waals surface area contributed by atoms with Crippen LogP contribution in [-0.2, 0) is 4.79 Å². The summed E-state index contributed by atoms with van der Waals surface area (Å²) in [5.74, 6) is -0.150. The Morgan fingerprint density at radius 2 is 2.00 bits per heavy atom. The molecule has 0 bridgehead atoms. The van der Waals surface area contributed by atoms with E-state index in [0.29, 0.717) is 19.3 Å². The third-order valence-electron chi connectivity index (χ3n) is 3.55. The van der Waals surface area contributed by atoms with Crippen molar-refractivity contribution >= 4 is 5.91 Å². The second-order valence-electron chi connectivity index (χ2n) is 4.99. The summed E-state index contributed by atoms with van der Waals surface area (Å²) >= 11 is 0. The second kappa shape index (κ2) is 6.61. The van der Waals surface area contributed by atoms with Crippen molar-refractivity contribution in [3.8, 4) is 6.07 Å². The van der Waals surface area contributed by atoms with E-state index >= 15 is 0 Å². The summed E-state index contributed by atoms with van der Waals surface area (Å²) in [7, 11) is 0. The molecular weight excluding hydrogens is 216 g/mol. The molecule has 1 unspecified atom stereocenters. The van der Waals surface area contributed by atoms with E-state index in [0.717, 1.165) is 25.7 Å². The van der Waals surface area contributed by atoms with Gasteiger partial charge in [-0.3, -0.25) is 4.79 Å². The molecule has 1 aliphatic rings. The van der Waals surface area contributed by atoms with E-state index in [1.54, 1.807) is 0 Å². The van der Waals surface area contributed by atoms with Crippen LogP contribution in [0.5, 0.6) is 0 Å². The van der Waals surface area contributed by atoms with E-state index in [-0.39, 0.29) is 18.6 Å². The smallest absolute Gasteiger partial charge is 0.240 e. The van der Waals surface area contributed by atoms with Crippen molar-refractivity contribution in [2.24, 2.45) is 5.41 Å². The van der Waals surface area contributed by atoms with Crippen molar-refractivity contribution in [2.45, 2.75) is 57.9 Å². The highest BCUT2D eigenvalue weighted by molar-refractivity contribution is 5.85. The molecule has 17 heavy (non-hydrogen) atoms. The monoisotopic (exact) mass is 238 g/mol. The zero-order chi connectivity index (χ0) is 12.7. The quantitative estimate of drug-likeness (QED) is 0.733. The molecule has 0 radical (unpaired) electrons. The molecule has 0 spiro atoms. The summed E-state index contributed by atoms with van der Waals surface area (Å²) in [6.07, 6.45) is 6.01. The van der Waals surface area contributed by atoms with Crippen LogP contribution in [0, 0.1) is 16.7 Å². The Morgan fingerprint density at radius 1 is 1.41 bits per heavy atom. The van der Waals surface area contributed by atoms with Gasteiger partial charge in [0.05, 0.1) is 6.07 Å². The van der Waals surface area contributed by atoms with Crippen molar-refractivity contribution < 1.29 is 9.90 Å². The topological polar surface area (TPSA) is 73.1 Å². The minimum atomic E-state index is -0.833. The van der Waals surface area contributed by atoms with Crippen molar-refractivity contribution in [1.29, 1.82) is 5.26 Å². The summed E-state index contributed by atoms with van der Waals surface area (Å²) in [4.78, 5) is 12.2. The van der Waals surface area contributed by atoms with E-state index in [2.05, 4.69) is 11.4 Å². The number of nitriles is 1. The Kier molecular flexibility index (Phi) is 5.43. The van der Waals surface area contributed by atoms with Gasteiger partial charge in [-0.2, -0.15) is 5.26 Å². The highest BCUT2D eigenvalue weighted by Crippen LogP contribution is 2.34. The lowest BCUT2D eigenvalue weighted by Gasteiger charge is -2.25. The number of nitrogens with zero attached hydrogens (tertiary/aromatic N) is 1. The van der Waals surface area contributed by atoms with Crippen LogP contribution in [0.3, 0.4) is 0 Å². The fourth-order valence-corrected chi connectivity index (χ4v) is 2.35. The molecular formula is C13H22N2O2. The highest BCUT2D eigenvalue weighted by Gasteiger charge is 2.39. The number of hydrogen-bond donors (Lipinski definition) is 2. The van der Waals surface area contributed by atoms with Crippen molar-refractivity contribution in [2.75, 3.05) is 6.61 Å². The molecule has 2 N–H and O–H groups in total. The van der Waals surface area contributed by atoms with E-state index < -0.39 is 5.41 Å². The lowest BCUT2D eigenvalue weighted by Crippen LogP contribution is -2.44. The van der Waals surface area contributed by atoms with Crippen LogP contribution in [0.25, 0.3) is 0 Å². The lowest BCUT2D eigenvalue weighted by atomic mass is 9.80. The number of carbonyl (C=O) groups excluding carboxylic acids is 1. The number of amides is 1. The molecule has 1 fully saturated rings. The number of aliphatic hydroxyl groups excluding tert-OH is 1. The Morgan fingerprint density at radius 3 is 2.47 bits per heavy atom. The summed E-state index contributed by atoms with van der Waals surface area (Å²) in [6, 6.07) is 2.16. The maximum absolute atomic E-state index is 12.2. The summed E-state index contributed by atoms with van der Waals surface area (Å²) in [5, 5.41) is 21.0. The van der Waals surface area contributed by atoms with Gasteiger partial charge in [0.15, 0.2) is 0 Å². The van der Waals surface area contributed by atoms with Gasteiger partial charge in [-0.1, -0.05) is 25.7 Å². The molecule has 4 nitrogen and oxygen atoms in total. The van der Waals surface area contributed by atoms with E-state index in [1.807, 2.05) is 6.92 Å². The maximum atomic E-state index is 12.2. The van der Waals surface area contributed by atoms with Crippen LogP contribution in [0.1, 0.15) is 51.9 Å². The van der Waals surface area contributed by atoms with Crippen molar-refractivity contribution in [1.82, 2.24) is 5.32 Å². The Bertz CT molecular complexity index is 288. The van der Waals surface area contributed by atoms with Gasteiger partial charge in [-0.05, 0) is 26.2 Å². The zero-order valence-corrected chi connectivity index (χ0v) is 10.5. The zero-order valence-electron chi connectivity index (χ0n) is 10.5. The maximum Gasteiger partial charge on any atom is 0.240 e. The number of aliphatic hydroxyl groups is 1. The van der Waals surface area contributed by atoms with Crippen LogP contribution in [0.2, 0.25) is 0 Å². The number of nitrogens with one attached hydrogen (secondary N) is 1. The lowest BCUT2D eigenvalue weighted by molar-refractivity contribution is -0.129. The standard InChI is InChI=1S/C13H22N2O2/c1-11(6-9-16)15-12(17)13(10-14)7-4-2-3-5-8-13/h11,16H,2-9H2,1H3,(H,15,17). The predicted octanol–water partition coefficient (Wildman–Crippen LogP) is 1.74. The van der Waals surface area contributed by atoms with E-state index in [4.69, 9.17) is 5.11 Å². The van der Waals surface area contributed by atoms with Gasteiger partial charge in [0.1, 0.15) is 5.41 Å². The van der Waals surface area contributed by atoms with Gasteiger partial charge >= 0.3 is 0 Å². The van der Waals surface area contributed by atoms with Gasteiger partial charge in [0, 0.05) is 12.6 Å². The van der Waals surface area contributed by atoms with E-state index in [9.17, 15) is 10.1 Å². The third kappa shape index (κ3) is 3.71. The Balaban J connectivity index is 2.65. The summed E-state index contributed by atoms with van der Waals surface area (Å²) in [6.45, 7) is 1.91. The fourth-order valence-electron chi connectivity index (χ4n) is 2.35. The van der Waals surface area contributed by atoms with Crippen LogP contribution in [0.15, 0.2) is 0 Å². The first-order valence-corrected chi connectivity index (χ1v) is 6.48. The first kappa shape index (κ1) is 14.0. The number of rotatable bonds is 4. The molecule has 1 atom stereocenters. The fraction of sp³-hybridized carbons (Fsp3) is 0.846. The molecule has 4 heteroatoms. The summed E-state index contributed by atoms with van der Waals surface area (Å²) < 4.78 is 0. The first-order chi connectivity index (χ1) is 8.14. The molecule has 0 heterocycles. The van der Waals surface area contributed by atoms with Gasteiger partial charge in [0.25, 0.3) is 0 Å². The SMILES string of the molecule is CC(CCO)NC(=O)C1(C#N)CCCCCC1. The predicted molar refractivity (Wildman–Crippen MR) is 65.1 cm³/mol. The van der Waals surface area contributed by atoms with Gasteiger partial charge in [-0.15, -0.1) is 0 Å². The second-order valence-corrected chi connectivity index (χ2v) is 4.99. The minimum absolute atomic E-state index is 0.0565. The molecule has 0 aromatic heterocycles. The average molecular weight is 238 g/mol. The largest absolute Gasteiger partial charge is 0.396 e. The van der Waals surface area contributed by atoms with Gasteiger partial charge in [-0.25, -0.2) is 0 Å². The molecule has 0 aliphatic heterocycles. The molecule has 1 rings (SSSR count). The average Bonchev–Trinajstić information content (AvgIpc) is 2.55. The first-order valence-electron chi connectivity index (χ1n) is 6.48. The van der Waals surface area contributed by atoms with Crippen LogP contribution in [0.4, 0.5) is 0 Å². The Labute approximate surface area is 103 Å². The molecule has 0 aromatic carbocycles. The van der Waals surface area contributed by atoms with Crippen molar-refractivity contribution in [3.63, 3.8) is 0 Å². The van der Waals surface area contributed by atoms with Gasteiger partial charge in [0.2, 0.25) is 5.91 Å². The minimum Gasteiger partial charge on any atom is -0.396 e. The molecule has 1 aliphatic carbocycles. The molecule has 1 saturated carbocycles. The summed E-state index contributed by atoms with van der Waals surface area (Å²) in [5.41, 5.74) is -0.833. The molecule has 96 valence electrons. The van der Waals surface area contributed by atoms with Crippen LogP contribution in [-0.4, -0.2) is 23.7 Å². The normalized spacial score (nSPS) is 21.0. The highest BCUT2D eigenvalue weighted by atomic mass is 16.3. The van der Waals surface area contributed by atoms with Gasteiger partial charge < -0.3 is 10.4 Å². The molecule has 0 aromatic rings. The third-order valence-corrected chi connectivity index (χ3v) is 3.55. The number of carbonyl (C=O) groups is 1. The molecule has 1 amide bonds. The Hall–Kier alpha value is -1.08. The number of hydrogen-bond acceptors (Lipinski definition) is 3. The van der Waals surface area contributed by atoms with Crippen molar-refractivity contribution in [3.05, 3.63) is 0 Å².